The highest BCUT2D eigenvalue weighted by Gasteiger charge is 2.29. The molecule has 0 radical (unpaired) electrons. The SMILES string of the molecule is CCCCCc1ccc(CC[C@H]2CC[C@H](CCC3(Cl)C=CC(c4ccccc4F)=CC3)CC2)cc1. The van der Waals surface area contributed by atoms with E-state index in [0.29, 0.717) is 5.56 Å². The van der Waals surface area contributed by atoms with Gasteiger partial charge in [0.25, 0.3) is 0 Å². The minimum absolute atomic E-state index is 0.165. The molecule has 0 amide bonds. The van der Waals surface area contributed by atoms with Gasteiger partial charge in [-0.3, -0.25) is 0 Å². The molecule has 2 aliphatic rings. The molecule has 35 heavy (non-hydrogen) atoms. The summed E-state index contributed by atoms with van der Waals surface area (Å²) in [5.41, 5.74) is 4.61. The zero-order valence-electron chi connectivity index (χ0n) is 21.5. The van der Waals surface area contributed by atoms with Crippen molar-refractivity contribution in [3.8, 4) is 0 Å². The molecule has 188 valence electrons. The Labute approximate surface area is 217 Å². The molecule has 0 bridgehead atoms. The number of allylic oxidation sites excluding steroid dienone is 4. The van der Waals surface area contributed by atoms with Gasteiger partial charge in [-0.05, 0) is 79.5 Å². The van der Waals surface area contributed by atoms with E-state index in [1.807, 2.05) is 18.2 Å². The molecule has 2 aromatic carbocycles. The lowest BCUT2D eigenvalue weighted by Crippen LogP contribution is -2.23. The monoisotopic (exact) mass is 492 g/mol. The molecule has 0 saturated heterocycles. The van der Waals surface area contributed by atoms with Crippen molar-refractivity contribution in [3.05, 3.63) is 89.3 Å². The first-order chi connectivity index (χ1) is 17.0. The van der Waals surface area contributed by atoms with Gasteiger partial charge in [-0.15, -0.1) is 11.6 Å². The van der Waals surface area contributed by atoms with Crippen molar-refractivity contribution in [1.29, 1.82) is 0 Å². The number of halogens is 2. The Kier molecular flexibility index (Phi) is 9.67. The minimum atomic E-state index is -0.311. The Morgan fingerprint density at radius 3 is 2.14 bits per heavy atom. The first-order valence-corrected chi connectivity index (χ1v) is 14.3. The molecular weight excluding hydrogens is 451 g/mol. The number of unbranched alkanes of at least 4 members (excludes halogenated alkanes) is 2. The summed E-state index contributed by atoms with van der Waals surface area (Å²) in [7, 11) is 0. The molecule has 2 aliphatic carbocycles. The Bertz CT molecular complexity index is 980. The summed E-state index contributed by atoms with van der Waals surface area (Å²) in [5, 5.41) is 0. The van der Waals surface area contributed by atoms with Crippen LogP contribution in [0.4, 0.5) is 4.39 Å². The van der Waals surface area contributed by atoms with Gasteiger partial charge in [0.05, 0.1) is 4.87 Å². The molecule has 1 atom stereocenters. The third-order valence-electron chi connectivity index (χ3n) is 8.28. The smallest absolute Gasteiger partial charge is 0.131 e. The van der Waals surface area contributed by atoms with E-state index in [2.05, 4.69) is 43.3 Å². The summed E-state index contributed by atoms with van der Waals surface area (Å²) >= 11 is 6.95. The first kappa shape index (κ1) is 26.2. The van der Waals surface area contributed by atoms with Crippen LogP contribution >= 0.6 is 11.6 Å². The standard InChI is InChI=1S/C33H42ClF/c1-2-3-4-7-26-10-12-27(13-11-26)14-15-28-16-18-29(19-17-28)20-23-33(34)24-21-30(22-25-33)31-8-5-6-9-32(31)35/h5-6,8-13,21-22,24,28-29H,2-4,7,14-20,23,25H2,1H3/t28-,29-,33?. The fraction of sp³-hybridized carbons (Fsp3) is 0.515. The highest BCUT2D eigenvalue weighted by molar-refractivity contribution is 6.25. The van der Waals surface area contributed by atoms with Crippen LogP contribution in [-0.4, -0.2) is 4.87 Å². The van der Waals surface area contributed by atoms with E-state index >= 15 is 0 Å². The van der Waals surface area contributed by atoms with E-state index in [0.717, 1.165) is 30.3 Å². The van der Waals surface area contributed by atoms with Gasteiger partial charge in [-0.2, -0.15) is 0 Å². The molecule has 1 fully saturated rings. The molecule has 0 heterocycles. The van der Waals surface area contributed by atoms with Gasteiger partial charge in [0.2, 0.25) is 0 Å². The second-order valence-electron chi connectivity index (χ2n) is 10.9. The Balaban J connectivity index is 1.15. The third-order valence-corrected chi connectivity index (χ3v) is 8.74. The lowest BCUT2D eigenvalue weighted by atomic mass is 9.76. The predicted molar refractivity (Wildman–Crippen MR) is 149 cm³/mol. The second kappa shape index (κ2) is 12.9. The number of alkyl halides is 1. The van der Waals surface area contributed by atoms with Crippen molar-refractivity contribution in [2.24, 2.45) is 11.8 Å². The second-order valence-corrected chi connectivity index (χ2v) is 11.7. The zero-order chi connectivity index (χ0) is 24.5. The predicted octanol–water partition coefficient (Wildman–Crippen LogP) is 10.1. The number of rotatable bonds is 11. The normalized spacial score (nSPS) is 24.4. The van der Waals surface area contributed by atoms with Crippen LogP contribution in [0.5, 0.6) is 0 Å². The van der Waals surface area contributed by atoms with E-state index in [1.54, 1.807) is 6.07 Å². The van der Waals surface area contributed by atoms with Crippen molar-refractivity contribution >= 4 is 17.2 Å². The molecule has 1 unspecified atom stereocenters. The van der Waals surface area contributed by atoms with Gasteiger partial charge in [0.15, 0.2) is 0 Å². The van der Waals surface area contributed by atoms with E-state index in [4.69, 9.17) is 11.6 Å². The minimum Gasteiger partial charge on any atom is -0.206 e. The molecule has 0 N–H and O–H groups in total. The molecule has 1 saturated carbocycles. The maximum Gasteiger partial charge on any atom is 0.131 e. The van der Waals surface area contributed by atoms with Crippen LogP contribution in [0.2, 0.25) is 0 Å². The summed E-state index contributed by atoms with van der Waals surface area (Å²) < 4.78 is 14.1. The number of benzene rings is 2. The van der Waals surface area contributed by atoms with Crippen molar-refractivity contribution in [2.75, 3.05) is 0 Å². The van der Waals surface area contributed by atoms with Crippen LogP contribution in [0.3, 0.4) is 0 Å². The van der Waals surface area contributed by atoms with Crippen molar-refractivity contribution in [2.45, 2.75) is 95.3 Å². The van der Waals surface area contributed by atoms with Gasteiger partial charge >= 0.3 is 0 Å². The van der Waals surface area contributed by atoms with Gasteiger partial charge in [-0.1, -0.05) is 106 Å². The van der Waals surface area contributed by atoms with Gasteiger partial charge < -0.3 is 0 Å². The number of hydrogen-bond acceptors (Lipinski definition) is 0. The average Bonchev–Trinajstić information content (AvgIpc) is 2.89. The Hall–Kier alpha value is -1.86. The molecule has 0 nitrogen and oxygen atoms in total. The van der Waals surface area contributed by atoms with Crippen molar-refractivity contribution in [1.82, 2.24) is 0 Å². The Morgan fingerprint density at radius 1 is 0.857 bits per heavy atom. The quantitative estimate of drug-likeness (QED) is 0.216. The molecular formula is C33H42ClF. The molecule has 0 aliphatic heterocycles. The third kappa shape index (κ3) is 7.81. The Morgan fingerprint density at radius 2 is 1.51 bits per heavy atom. The van der Waals surface area contributed by atoms with Crippen LogP contribution in [0.15, 0.2) is 66.8 Å². The maximum absolute atomic E-state index is 14.1. The van der Waals surface area contributed by atoms with Crippen LogP contribution in [-0.2, 0) is 12.8 Å². The van der Waals surface area contributed by atoms with Crippen LogP contribution in [0, 0.1) is 17.7 Å². The van der Waals surface area contributed by atoms with Gasteiger partial charge in [0.1, 0.15) is 5.82 Å². The lowest BCUT2D eigenvalue weighted by molar-refractivity contribution is 0.246. The molecule has 4 rings (SSSR count). The summed E-state index contributed by atoms with van der Waals surface area (Å²) in [6.07, 6.45) is 22.3. The van der Waals surface area contributed by atoms with Crippen LogP contribution in [0.25, 0.3) is 5.57 Å². The molecule has 2 aromatic rings. The zero-order valence-corrected chi connectivity index (χ0v) is 22.2. The summed E-state index contributed by atoms with van der Waals surface area (Å²) in [5.74, 6) is 1.51. The van der Waals surface area contributed by atoms with Gasteiger partial charge in [-0.25, -0.2) is 4.39 Å². The number of aryl methyl sites for hydroxylation is 2. The maximum atomic E-state index is 14.1. The van der Waals surface area contributed by atoms with Crippen molar-refractivity contribution < 1.29 is 4.39 Å². The highest BCUT2D eigenvalue weighted by Crippen LogP contribution is 2.40. The van der Waals surface area contributed by atoms with E-state index in [9.17, 15) is 4.39 Å². The largest absolute Gasteiger partial charge is 0.206 e. The fourth-order valence-electron chi connectivity index (χ4n) is 5.81. The summed E-state index contributed by atoms with van der Waals surface area (Å²) in [6.45, 7) is 2.27. The lowest BCUT2D eigenvalue weighted by Gasteiger charge is -2.32. The molecule has 0 spiro atoms. The van der Waals surface area contributed by atoms with Crippen LogP contribution in [0.1, 0.15) is 94.2 Å². The van der Waals surface area contributed by atoms with E-state index in [-0.39, 0.29) is 10.7 Å². The number of hydrogen-bond donors (Lipinski definition) is 0. The molecule has 2 heteroatoms. The fourth-order valence-corrected chi connectivity index (χ4v) is 6.06. The first-order valence-electron chi connectivity index (χ1n) is 14.0. The van der Waals surface area contributed by atoms with Crippen LogP contribution < -0.4 is 0 Å². The summed E-state index contributed by atoms with van der Waals surface area (Å²) in [4.78, 5) is -0.311. The van der Waals surface area contributed by atoms with Gasteiger partial charge in [0, 0.05) is 5.56 Å². The highest BCUT2D eigenvalue weighted by atomic mass is 35.5. The van der Waals surface area contributed by atoms with Crippen molar-refractivity contribution in [3.63, 3.8) is 0 Å². The van der Waals surface area contributed by atoms with E-state index < -0.39 is 0 Å². The van der Waals surface area contributed by atoms with E-state index in [1.165, 1.54) is 87.8 Å². The average molecular weight is 493 g/mol. The summed E-state index contributed by atoms with van der Waals surface area (Å²) in [6, 6.07) is 16.4. The topological polar surface area (TPSA) is 0 Å². The molecule has 0 aromatic heterocycles.